The third-order valence-corrected chi connectivity index (χ3v) is 10.1. The third-order valence-electron chi connectivity index (χ3n) is 7.89. The van der Waals surface area contributed by atoms with Crippen LogP contribution in [0.25, 0.3) is 0 Å². The van der Waals surface area contributed by atoms with E-state index in [2.05, 4.69) is 17.0 Å². The highest BCUT2D eigenvalue weighted by atomic mass is 35.5. The van der Waals surface area contributed by atoms with Gasteiger partial charge in [0.05, 0.1) is 33.6 Å². The van der Waals surface area contributed by atoms with Crippen LogP contribution in [0.15, 0.2) is 60.7 Å². The monoisotopic (exact) mass is 675 g/mol. The van der Waals surface area contributed by atoms with E-state index >= 15 is 0 Å². The number of unbranched alkanes of at least 4 members (excludes halogenated alkanes) is 5. The number of nitrogens with one attached hydrogen (secondary N) is 2. The summed E-state index contributed by atoms with van der Waals surface area (Å²) in [6.07, 6.45) is 15.5. The van der Waals surface area contributed by atoms with Crippen molar-refractivity contribution < 1.29 is 22.9 Å². The first-order valence-corrected chi connectivity index (χ1v) is 17.8. The van der Waals surface area contributed by atoms with Crippen LogP contribution in [0.5, 0.6) is 0 Å². The number of sulfonamides is 1. The largest absolute Gasteiger partial charge is 0.396 e. The molecule has 2 aliphatic rings. The van der Waals surface area contributed by atoms with Gasteiger partial charge in [0.25, 0.3) is 0 Å². The molecule has 1 aliphatic heterocycles. The molecule has 2 aromatic carbocycles. The summed E-state index contributed by atoms with van der Waals surface area (Å²) in [5.41, 5.74) is 8.10. The number of nitrogens with zero attached hydrogens (tertiary/aromatic N) is 2. The average molecular weight is 677 g/mol. The summed E-state index contributed by atoms with van der Waals surface area (Å²) < 4.78 is 30.7. The van der Waals surface area contributed by atoms with Gasteiger partial charge in [0.15, 0.2) is 12.9 Å². The van der Waals surface area contributed by atoms with Crippen LogP contribution in [0, 0.1) is 6.04 Å². The second-order valence-electron chi connectivity index (χ2n) is 11.4. The zero-order valence-electron chi connectivity index (χ0n) is 25.6. The molecule has 5 N–H and O–H groups in total. The maximum atomic E-state index is 13.1. The summed E-state index contributed by atoms with van der Waals surface area (Å²) in [5.74, 6) is 0.0555. The Balaban J connectivity index is 1.20. The van der Waals surface area contributed by atoms with Crippen LogP contribution in [-0.2, 0) is 21.2 Å². The van der Waals surface area contributed by atoms with Gasteiger partial charge in [-0.05, 0) is 61.2 Å². The van der Waals surface area contributed by atoms with Crippen molar-refractivity contribution in [2.75, 3.05) is 36.6 Å². The Hall–Kier alpha value is -3.02. The zero-order valence-corrected chi connectivity index (χ0v) is 27.9. The van der Waals surface area contributed by atoms with Crippen LogP contribution in [0.4, 0.5) is 11.4 Å². The third kappa shape index (κ3) is 9.98. The van der Waals surface area contributed by atoms with Gasteiger partial charge in [-0.1, -0.05) is 67.9 Å². The molecule has 1 heterocycles. The minimum atomic E-state index is -3.72. The number of carbonyl (C=O) groups excluding carboxylic acids is 1. The number of aliphatic hydroxyl groups excluding tert-OH is 1. The Labute approximate surface area is 276 Å². The van der Waals surface area contributed by atoms with Gasteiger partial charge in [-0.2, -0.15) is 0 Å². The molecule has 9 nitrogen and oxygen atoms in total. The molecule has 0 saturated carbocycles. The van der Waals surface area contributed by atoms with E-state index in [1.54, 1.807) is 53.5 Å². The first kappa shape index (κ1) is 34.8. The second-order valence-corrected chi connectivity index (χ2v) is 14.1. The average Bonchev–Trinajstić information content (AvgIpc) is 3.40. The molecular weight excluding hydrogens is 633 g/mol. The molecule has 0 spiro atoms. The Bertz CT molecular complexity index is 1470. The number of hydrogen-bond acceptors (Lipinski definition) is 6. The highest BCUT2D eigenvalue weighted by Gasteiger charge is 2.29. The SMILES string of the molecule is CCCCCCCCN1C=[N+]([C-]2C=CC(S(=O)(=O)Nc3ccc(CCNCC(O)c4cc(Cl)c(N)c(Cl)c4)cc3)C=C2)CC1=O. The summed E-state index contributed by atoms with van der Waals surface area (Å²) in [6, 6.07) is 11.2. The van der Waals surface area contributed by atoms with Gasteiger partial charge in [0, 0.05) is 18.3 Å². The number of amides is 1. The van der Waals surface area contributed by atoms with Crippen LogP contribution < -0.4 is 15.8 Å². The zero-order chi connectivity index (χ0) is 32.4. The van der Waals surface area contributed by atoms with Crippen LogP contribution in [0.1, 0.15) is 62.7 Å². The molecule has 1 amide bonds. The fraction of sp³-hybridized carbons (Fsp3) is 0.424. The van der Waals surface area contributed by atoms with Gasteiger partial charge >= 0.3 is 5.91 Å². The van der Waals surface area contributed by atoms with E-state index in [-0.39, 0.29) is 18.1 Å². The highest BCUT2D eigenvalue weighted by molar-refractivity contribution is 7.93. The van der Waals surface area contributed by atoms with E-state index in [9.17, 15) is 18.3 Å². The van der Waals surface area contributed by atoms with Gasteiger partial charge < -0.3 is 20.7 Å². The normalized spacial score (nSPS) is 16.0. The minimum absolute atomic E-state index is 0.0555. The lowest BCUT2D eigenvalue weighted by molar-refractivity contribution is -0.477. The quantitative estimate of drug-likeness (QED) is 0.0764. The minimum Gasteiger partial charge on any atom is -0.396 e. The summed E-state index contributed by atoms with van der Waals surface area (Å²) in [7, 11) is -3.72. The fourth-order valence-electron chi connectivity index (χ4n) is 5.18. The number of halogens is 2. The fourth-order valence-corrected chi connectivity index (χ4v) is 6.85. The lowest BCUT2D eigenvalue weighted by atomic mass is 10.1. The smallest absolute Gasteiger partial charge is 0.341 e. The molecule has 4 rings (SSSR count). The number of anilines is 2. The van der Waals surface area contributed by atoms with Gasteiger partial charge in [0.2, 0.25) is 10.0 Å². The molecule has 0 fully saturated rings. The second kappa shape index (κ2) is 16.5. The van der Waals surface area contributed by atoms with Crippen molar-refractivity contribution in [2.45, 2.75) is 63.2 Å². The summed E-state index contributed by atoms with van der Waals surface area (Å²) >= 11 is 12.1. The number of hydrogen-bond donors (Lipinski definition) is 4. The van der Waals surface area contributed by atoms with E-state index in [1.807, 2.05) is 23.0 Å². The van der Waals surface area contributed by atoms with Gasteiger partial charge in [-0.3, -0.25) is 4.72 Å². The molecule has 2 aromatic rings. The van der Waals surface area contributed by atoms with Gasteiger partial charge in [-0.25, -0.2) is 18.1 Å². The van der Waals surface area contributed by atoms with E-state index in [0.29, 0.717) is 47.4 Å². The van der Waals surface area contributed by atoms with Crippen LogP contribution in [0.3, 0.4) is 0 Å². The molecule has 1 unspecified atom stereocenters. The summed E-state index contributed by atoms with van der Waals surface area (Å²) in [4.78, 5) is 14.2. The van der Waals surface area contributed by atoms with Crippen molar-refractivity contribution in [1.82, 2.24) is 10.2 Å². The number of benzene rings is 2. The maximum absolute atomic E-state index is 13.1. The number of carbonyl (C=O) groups is 1. The van der Waals surface area contributed by atoms with Crippen molar-refractivity contribution in [3.05, 3.63) is 87.9 Å². The van der Waals surface area contributed by atoms with Crippen LogP contribution >= 0.6 is 23.2 Å². The van der Waals surface area contributed by atoms with E-state index in [4.69, 9.17) is 28.9 Å². The molecule has 0 radical (unpaired) electrons. The molecule has 1 aliphatic carbocycles. The van der Waals surface area contributed by atoms with Crippen molar-refractivity contribution in [3.8, 4) is 0 Å². The Morgan fingerprint density at radius 2 is 1.71 bits per heavy atom. The number of rotatable bonds is 17. The summed E-state index contributed by atoms with van der Waals surface area (Å²) in [6.45, 7) is 4.07. The summed E-state index contributed by atoms with van der Waals surface area (Å²) in [5, 5.41) is 13.4. The van der Waals surface area contributed by atoms with Crippen LogP contribution in [0.2, 0.25) is 10.0 Å². The van der Waals surface area contributed by atoms with Gasteiger partial charge in [-0.15, -0.1) is 24.3 Å². The standard InChI is InChI=1S/C33H43Cl2N5O4S/c1-2-3-4-5-6-7-18-39-23-40(22-32(39)42)27-12-14-28(15-13-27)45(43,44)38-26-10-8-24(9-11-26)16-17-37-21-31(41)25-19-29(34)33(36)30(35)20-25/h8-15,19-20,23,28,31,37-38,41H,2-7,16-18,21-22,36H2,1H3. The topological polar surface area (TPSA) is 128 Å². The molecule has 0 bridgehead atoms. The number of aliphatic hydroxyl groups is 1. The molecule has 1 atom stereocenters. The predicted octanol–water partition coefficient (Wildman–Crippen LogP) is 5.45. The van der Waals surface area contributed by atoms with Crippen LogP contribution in [-0.4, -0.2) is 66.7 Å². The Morgan fingerprint density at radius 3 is 2.38 bits per heavy atom. The number of nitrogen functional groups attached to an aromatic ring is 1. The molecule has 244 valence electrons. The van der Waals surface area contributed by atoms with Crippen molar-refractivity contribution in [1.29, 1.82) is 0 Å². The van der Waals surface area contributed by atoms with Crippen molar-refractivity contribution in [2.24, 2.45) is 0 Å². The lowest BCUT2D eigenvalue weighted by Crippen LogP contribution is -2.28. The molecule has 45 heavy (non-hydrogen) atoms. The lowest BCUT2D eigenvalue weighted by Gasteiger charge is -2.23. The molecule has 0 saturated heterocycles. The molecule has 12 heteroatoms. The first-order chi connectivity index (χ1) is 21.6. The highest BCUT2D eigenvalue weighted by Crippen LogP contribution is 2.31. The van der Waals surface area contributed by atoms with Gasteiger partial charge in [0.1, 0.15) is 0 Å². The maximum Gasteiger partial charge on any atom is 0.341 e. The Morgan fingerprint density at radius 1 is 1.07 bits per heavy atom. The number of nitrogens with two attached hydrogens (primary N) is 1. The van der Waals surface area contributed by atoms with E-state index in [0.717, 1.165) is 24.4 Å². The first-order valence-electron chi connectivity index (χ1n) is 15.5. The Kier molecular flexibility index (Phi) is 12.8. The van der Waals surface area contributed by atoms with Crippen molar-refractivity contribution in [3.63, 3.8) is 0 Å². The van der Waals surface area contributed by atoms with E-state index in [1.165, 1.54) is 25.7 Å². The molecular formula is C33H43Cl2N5O4S. The molecule has 0 aromatic heterocycles. The predicted molar refractivity (Wildman–Crippen MR) is 183 cm³/mol. The van der Waals surface area contributed by atoms with E-state index < -0.39 is 21.4 Å². The van der Waals surface area contributed by atoms with Crippen molar-refractivity contribution >= 4 is 56.8 Å².